The van der Waals surface area contributed by atoms with Crippen molar-refractivity contribution in [1.29, 1.82) is 0 Å². The Kier molecular flexibility index (Phi) is 3.20. The zero-order chi connectivity index (χ0) is 11.7. The Hall–Kier alpha value is -1.02. The summed E-state index contributed by atoms with van der Waals surface area (Å²) in [4.78, 5) is 0. The van der Waals surface area contributed by atoms with Crippen LogP contribution in [0.4, 0.5) is 0 Å². The van der Waals surface area contributed by atoms with Crippen molar-refractivity contribution in [2.75, 3.05) is 7.11 Å². The van der Waals surface area contributed by atoms with Gasteiger partial charge in [0.25, 0.3) is 0 Å². The first-order valence-electron chi connectivity index (χ1n) is 6.02. The molecule has 1 aliphatic carbocycles. The molecule has 0 radical (unpaired) electrons. The molecular formula is C14H21NO. The van der Waals surface area contributed by atoms with E-state index < -0.39 is 0 Å². The van der Waals surface area contributed by atoms with Gasteiger partial charge in [0, 0.05) is 6.04 Å². The number of aryl methyl sites for hydroxylation is 2. The van der Waals surface area contributed by atoms with E-state index in [4.69, 9.17) is 10.5 Å². The molecule has 1 aromatic rings. The highest BCUT2D eigenvalue weighted by Crippen LogP contribution is 2.37. The minimum atomic E-state index is 0.191. The van der Waals surface area contributed by atoms with Gasteiger partial charge in [-0.05, 0) is 42.9 Å². The fourth-order valence-electron chi connectivity index (χ4n) is 2.37. The van der Waals surface area contributed by atoms with E-state index >= 15 is 0 Å². The van der Waals surface area contributed by atoms with Gasteiger partial charge < -0.3 is 10.5 Å². The summed E-state index contributed by atoms with van der Waals surface area (Å²) in [6.07, 6.45) is 3.86. The van der Waals surface area contributed by atoms with Crippen LogP contribution in [0.3, 0.4) is 0 Å². The summed E-state index contributed by atoms with van der Waals surface area (Å²) in [5.74, 6) is 1.86. The van der Waals surface area contributed by atoms with Gasteiger partial charge in [0.05, 0.1) is 7.11 Å². The number of hydrogen-bond acceptors (Lipinski definition) is 2. The van der Waals surface area contributed by atoms with Crippen LogP contribution in [0.2, 0.25) is 0 Å². The minimum Gasteiger partial charge on any atom is -0.496 e. The van der Waals surface area contributed by atoms with E-state index in [1.165, 1.54) is 29.5 Å². The summed E-state index contributed by atoms with van der Waals surface area (Å²) in [6.45, 7) is 4.17. The van der Waals surface area contributed by atoms with Crippen LogP contribution in [0, 0.1) is 19.8 Å². The Morgan fingerprint density at radius 1 is 1.31 bits per heavy atom. The van der Waals surface area contributed by atoms with Gasteiger partial charge in [-0.3, -0.25) is 0 Å². The molecule has 0 spiro atoms. The van der Waals surface area contributed by atoms with Gasteiger partial charge in [-0.2, -0.15) is 0 Å². The molecule has 0 bridgehead atoms. The highest BCUT2D eigenvalue weighted by atomic mass is 16.5. The number of hydrogen-bond donors (Lipinski definition) is 1. The summed E-state index contributed by atoms with van der Waals surface area (Å²) in [5, 5.41) is 0. The Bertz CT molecular complexity index is 359. The molecule has 2 rings (SSSR count). The maximum Gasteiger partial charge on any atom is 0.124 e. The van der Waals surface area contributed by atoms with Crippen LogP contribution in [0.1, 0.15) is 42.0 Å². The van der Waals surface area contributed by atoms with Crippen LogP contribution in [0.25, 0.3) is 0 Å². The highest BCUT2D eigenvalue weighted by Gasteiger charge is 2.24. The smallest absolute Gasteiger partial charge is 0.124 e. The quantitative estimate of drug-likeness (QED) is 0.844. The maximum absolute atomic E-state index is 6.22. The molecule has 1 aliphatic rings. The second kappa shape index (κ2) is 4.46. The molecule has 1 atom stereocenters. The third kappa shape index (κ3) is 2.38. The van der Waals surface area contributed by atoms with Gasteiger partial charge in [-0.1, -0.05) is 25.0 Å². The van der Waals surface area contributed by atoms with Crippen molar-refractivity contribution < 1.29 is 4.74 Å². The van der Waals surface area contributed by atoms with Crippen LogP contribution < -0.4 is 10.5 Å². The lowest BCUT2D eigenvalue weighted by atomic mass is 9.97. The highest BCUT2D eigenvalue weighted by molar-refractivity contribution is 5.44. The van der Waals surface area contributed by atoms with E-state index in [1.54, 1.807) is 7.11 Å². The Morgan fingerprint density at radius 3 is 2.31 bits per heavy atom. The first kappa shape index (κ1) is 11.5. The molecule has 16 heavy (non-hydrogen) atoms. The molecule has 2 heteroatoms. The second-order valence-electron chi connectivity index (χ2n) is 4.97. The summed E-state index contributed by atoms with van der Waals surface area (Å²) >= 11 is 0. The largest absolute Gasteiger partial charge is 0.496 e. The van der Waals surface area contributed by atoms with Gasteiger partial charge in [0.15, 0.2) is 0 Å². The lowest BCUT2D eigenvalue weighted by Crippen LogP contribution is -2.11. The molecule has 0 heterocycles. The average Bonchev–Trinajstić information content (AvgIpc) is 3.01. The van der Waals surface area contributed by atoms with Gasteiger partial charge in [-0.15, -0.1) is 0 Å². The van der Waals surface area contributed by atoms with Crippen LogP contribution in [-0.4, -0.2) is 7.11 Å². The van der Waals surface area contributed by atoms with Crippen molar-refractivity contribution in [1.82, 2.24) is 0 Å². The molecule has 1 saturated carbocycles. The molecule has 0 aliphatic heterocycles. The summed E-state index contributed by atoms with van der Waals surface area (Å²) < 4.78 is 5.36. The maximum atomic E-state index is 6.22. The number of benzene rings is 1. The summed E-state index contributed by atoms with van der Waals surface area (Å²) in [7, 11) is 1.72. The average molecular weight is 219 g/mol. The van der Waals surface area contributed by atoms with Crippen LogP contribution in [0.5, 0.6) is 5.75 Å². The van der Waals surface area contributed by atoms with Gasteiger partial charge in [0.2, 0.25) is 0 Å². The minimum absolute atomic E-state index is 0.191. The van der Waals surface area contributed by atoms with Gasteiger partial charge >= 0.3 is 0 Å². The van der Waals surface area contributed by atoms with Crippen molar-refractivity contribution in [3.8, 4) is 5.75 Å². The first-order chi connectivity index (χ1) is 7.61. The van der Waals surface area contributed by atoms with Gasteiger partial charge in [-0.25, -0.2) is 0 Å². The molecule has 0 aromatic heterocycles. The Morgan fingerprint density at radius 2 is 1.88 bits per heavy atom. The second-order valence-corrected chi connectivity index (χ2v) is 4.97. The standard InChI is InChI=1S/C14H21NO/c1-9-6-12(7-10(2)14(9)16-3)13(15)8-11-4-5-11/h6-7,11,13H,4-5,8,15H2,1-3H3. The van der Waals surface area contributed by atoms with Crippen molar-refractivity contribution in [3.63, 3.8) is 0 Å². The molecular weight excluding hydrogens is 198 g/mol. The fourth-order valence-corrected chi connectivity index (χ4v) is 2.37. The molecule has 0 amide bonds. The normalized spacial score (nSPS) is 17.2. The Labute approximate surface area is 97.8 Å². The van der Waals surface area contributed by atoms with E-state index in [2.05, 4.69) is 26.0 Å². The van der Waals surface area contributed by atoms with E-state index in [0.29, 0.717) is 0 Å². The predicted octanol–water partition coefficient (Wildman–Crippen LogP) is 3.11. The van der Waals surface area contributed by atoms with Crippen LogP contribution in [-0.2, 0) is 0 Å². The summed E-state index contributed by atoms with van der Waals surface area (Å²) in [6, 6.07) is 4.52. The van der Waals surface area contributed by atoms with Crippen molar-refractivity contribution in [2.45, 2.75) is 39.2 Å². The van der Waals surface area contributed by atoms with E-state index in [0.717, 1.165) is 18.1 Å². The molecule has 1 unspecified atom stereocenters. The van der Waals surface area contributed by atoms with Crippen molar-refractivity contribution in [2.24, 2.45) is 11.7 Å². The van der Waals surface area contributed by atoms with Crippen LogP contribution >= 0.6 is 0 Å². The van der Waals surface area contributed by atoms with E-state index in [9.17, 15) is 0 Å². The zero-order valence-corrected chi connectivity index (χ0v) is 10.4. The molecule has 1 fully saturated rings. The third-order valence-electron chi connectivity index (χ3n) is 3.40. The number of ether oxygens (including phenoxy) is 1. The van der Waals surface area contributed by atoms with Crippen molar-refractivity contribution in [3.05, 3.63) is 28.8 Å². The van der Waals surface area contributed by atoms with E-state index in [-0.39, 0.29) is 6.04 Å². The molecule has 2 N–H and O–H groups in total. The lowest BCUT2D eigenvalue weighted by molar-refractivity contribution is 0.408. The Balaban J connectivity index is 2.20. The third-order valence-corrected chi connectivity index (χ3v) is 3.40. The SMILES string of the molecule is COc1c(C)cc(C(N)CC2CC2)cc1C. The lowest BCUT2D eigenvalue weighted by Gasteiger charge is -2.16. The zero-order valence-electron chi connectivity index (χ0n) is 10.4. The van der Waals surface area contributed by atoms with Crippen molar-refractivity contribution >= 4 is 0 Å². The van der Waals surface area contributed by atoms with E-state index in [1.807, 2.05) is 0 Å². The molecule has 1 aromatic carbocycles. The topological polar surface area (TPSA) is 35.2 Å². The predicted molar refractivity (Wildman–Crippen MR) is 66.7 cm³/mol. The number of nitrogens with two attached hydrogens (primary N) is 1. The molecule has 0 saturated heterocycles. The summed E-state index contributed by atoms with van der Waals surface area (Å²) in [5.41, 5.74) is 9.84. The molecule has 88 valence electrons. The molecule has 2 nitrogen and oxygen atoms in total. The van der Waals surface area contributed by atoms with Gasteiger partial charge in [0.1, 0.15) is 5.75 Å². The monoisotopic (exact) mass is 219 g/mol. The van der Waals surface area contributed by atoms with Crippen LogP contribution in [0.15, 0.2) is 12.1 Å². The number of rotatable bonds is 4. The fraction of sp³-hybridized carbons (Fsp3) is 0.571. The number of methoxy groups -OCH3 is 1. The first-order valence-corrected chi connectivity index (χ1v) is 6.02.